The van der Waals surface area contributed by atoms with Gasteiger partial charge in [-0.05, 0) is 11.6 Å². The highest BCUT2D eigenvalue weighted by Gasteiger charge is 2.39. The van der Waals surface area contributed by atoms with E-state index >= 15 is 0 Å². The van der Waals surface area contributed by atoms with E-state index in [-0.39, 0.29) is 18.6 Å². The number of nitrogens with one attached hydrogen (secondary N) is 1. The van der Waals surface area contributed by atoms with Crippen LogP contribution in [0.15, 0.2) is 18.2 Å². The molecule has 0 saturated carbocycles. The highest BCUT2D eigenvalue weighted by Crippen LogP contribution is 2.37. The lowest BCUT2D eigenvalue weighted by atomic mass is 9.97. The summed E-state index contributed by atoms with van der Waals surface area (Å²) >= 11 is 0. The molecule has 0 spiro atoms. The van der Waals surface area contributed by atoms with Gasteiger partial charge in [0.1, 0.15) is 5.82 Å². The van der Waals surface area contributed by atoms with Crippen LogP contribution in [0.5, 0.6) is 0 Å². The van der Waals surface area contributed by atoms with Gasteiger partial charge in [-0.3, -0.25) is 0 Å². The van der Waals surface area contributed by atoms with E-state index in [1.54, 1.807) is 0 Å². The van der Waals surface area contributed by atoms with Gasteiger partial charge >= 0.3 is 12.3 Å². The van der Waals surface area contributed by atoms with Gasteiger partial charge in [0.05, 0.1) is 18.2 Å². The third-order valence-corrected chi connectivity index (χ3v) is 2.64. The van der Waals surface area contributed by atoms with Crippen LogP contribution >= 0.6 is 0 Å². The number of alkyl carbamates (subject to hydrolysis) is 1. The van der Waals surface area contributed by atoms with Crippen molar-refractivity contribution in [2.45, 2.75) is 18.6 Å². The van der Waals surface area contributed by atoms with E-state index in [0.29, 0.717) is 0 Å². The molecule has 18 heavy (non-hydrogen) atoms. The average Bonchev–Trinajstić information content (AvgIpc) is 2.27. The summed E-state index contributed by atoms with van der Waals surface area (Å²) in [5, 5.41) is 2.24. The minimum atomic E-state index is -4.80. The first-order valence-corrected chi connectivity index (χ1v) is 5.18. The van der Waals surface area contributed by atoms with Crippen molar-refractivity contribution in [2.24, 2.45) is 0 Å². The second-order valence-corrected chi connectivity index (χ2v) is 3.82. The molecule has 7 heteroatoms. The van der Waals surface area contributed by atoms with Crippen molar-refractivity contribution in [3.63, 3.8) is 0 Å². The largest absolute Gasteiger partial charge is 0.449 e. The number of halogens is 4. The zero-order valence-electron chi connectivity index (χ0n) is 9.05. The molecule has 1 aliphatic rings. The summed E-state index contributed by atoms with van der Waals surface area (Å²) in [6, 6.07) is 2.19. The molecule has 3 nitrogen and oxygen atoms in total. The molecule has 0 aromatic heterocycles. The number of amides is 1. The minimum absolute atomic E-state index is 0.00428. The SMILES string of the molecule is O=C1N[C@@H](c2cccc(F)c2C(F)(F)F)CCO1. The lowest BCUT2D eigenvalue weighted by Crippen LogP contribution is -2.36. The van der Waals surface area contributed by atoms with Crippen molar-refractivity contribution in [3.8, 4) is 0 Å². The molecular weight excluding hydrogens is 254 g/mol. The highest BCUT2D eigenvalue weighted by molar-refractivity contribution is 5.68. The molecule has 0 aliphatic carbocycles. The zero-order valence-corrected chi connectivity index (χ0v) is 9.05. The molecule has 0 radical (unpaired) electrons. The van der Waals surface area contributed by atoms with Gasteiger partial charge in [-0.25, -0.2) is 9.18 Å². The van der Waals surface area contributed by atoms with Crippen LogP contribution in [-0.2, 0) is 10.9 Å². The number of rotatable bonds is 1. The quantitative estimate of drug-likeness (QED) is 0.791. The topological polar surface area (TPSA) is 38.3 Å². The number of ether oxygens (including phenoxy) is 1. The first-order valence-electron chi connectivity index (χ1n) is 5.18. The van der Waals surface area contributed by atoms with Gasteiger partial charge in [0.25, 0.3) is 0 Å². The van der Waals surface area contributed by atoms with Crippen LogP contribution in [0.3, 0.4) is 0 Å². The maximum atomic E-state index is 13.3. The predicted molar refractivity (Wildman–Crippen MR) is 53.2 cm³/mol. The Morgan fingerprint density at radius 1 is 1.33 bits per heavy atom. The van der Waals surface area contributed by atoms with Gasteiger partial charge in [-0.2, -0.15) is 13.2 Å². The van der Waals surface area contributed by atoms with Crippen LogP contribution in [0, 0.1) is 5.82 Å². The second kappa shape index (κ2) is 4.47. The second-order valence-electron chi connectivity index (χ2n) is 3.82. The van der Waals surface area contributed by atoms with Crippen LogP contribution in [0.4, 0.5) is 22.4 Å². The monoisotopic (exact) mass is 263 g/mol. The summed E-state index contributed by atoms with van der Waals surface area (Å²) in [5.74, 6) is -1.35. The highest BCUT2D eigenvalue weighted by atomic mass is 19.4. The van der Waals surface area contributed by atoms with E-state index < -0.39 is 29.7 Å². The smallest absolute Gasteiger partial charge is 0.419 e. The average molecular weight is 263 g/mol. The Balaban J connectivity index is 2.44. The van der Waals surface area contributed by atoms with E-state index in [1.807, 2.05) is 0 Å². The number of carbonyl (C=O) groups is 1. The number of benzene rings is 1. The van der Waals surface area contributed by atoms with Crippen LogP contribution < -0.4 is 5.32 Å². The summed E-state index contributed by atoms with van der Waals surface area (Å²) in [4.78, 5) is 11.0. The Morgan fingerprint density at radius 2 is 2.06 bits per heavy atom. The summed E-state index contributed by atoms with van der Waals surface area (Å²) < 4.78 is 56.2. The Bertz CT molecular complexity index is 473. The molecular formula is C11H9F4NO2. The Morgan fingerprint density at radius 3 is 2.67 bits per heavy atom. The summed E-state index contributed by atoms with van der Waals surface area (Å²) in [6.45, 7) is 0.00428. The normalized spacial score (nSPS) is 20.2. The minimum Gasteiger partial charge on any atom is -0.449 e. The molecule has 1 aromatic rings. The molecule has 1 N–H and O–H groups in total. The fourth-order valence-corrected chi connectivity index (χ4v) is 1.89. The summed E-state index contributed by atoms with van der Waals surface area (Å²) in [7, 11) is 0. The van der Waals surface area contributed by atoms with Crippen molar-refractivity contribution in [3.05, 3.63) is 35.1 Å². The van der Waals surface area contributed by atoms with Crippen molar-refractivity contribution in [1.29, 1.82) is 0 Å². The van der Waals surface area contributed by atoms with E-state index in [2.05, 4.69) is 10.1 Å². The fourth-order valence-electron chi connectivity index (χ4n) is 1.89. The molecule has 1 fully saturated rings. The van der Waals surface area contributed by atoms with E-state index in [4.69, 9.17) is 0 Å². The number of cyclic esters (lactones) is 1. The Kier molecular flexibility index (Phi) is 3.14. The molecule has 2 rings (SSSR count). The Labute approximate surface area is 99.7 Å². The van der Waals surface area contributed by atoms with Crippen LogP contribution in [0.25, 0.3) is 0 Å². The number of alkyl halides is 3. The maximum absolute atomic E-state index is 13.3. The molecule has 0 unspecified atom stereocenters. The van der Waals surface area contributed by atoms with Gasteiger partial charge in [-0.1, -0.05) is 12.1 Å². The molecule has 0 bridgehead atoms. The summed E-state index contributed by atoms with van der Waals surface area (Å²) in [6.07, 6.45) is -5.44. The van der Waals surface area contributed by atoms with Crippen molar-refractivity contribution < 1.29 is 27.1 Å². The molecule has 1 heterocycles. The molecule has 98 valence electrons. The molecule has 1 saturated heterocycles. The number of hydrogen-bond donors (Lipinski definition) is 1. The van der Waals surface area contributed by atoms with Crippen LogP contribution in [-0.4, -0.2) is 12.7 Å². The first-order chi connectivity index (χ1) is 8.39. The molecule has 1 amide bonds. The Hall–Kier alpha value is -1.79. The summed E-state index contributed by atoms with van der Waals surface area (Å²) in [5.41, 5.74) is -1.61. The van der Waals surface area contributed by atoms with Gasteiger partial charge < -0.3 is 10.1 Å². The molecule has 1 atom stereocenters. The third-order valence-electron chi connectivity index (χ3n) is 2.64. The lowest BCUT2D eigenvalue weighted by Gasteiger charge is -2.26. The van der Waals surface area contributed by atoms with Gasteiger partial charge in [-0.15, -0.1) is 0 Å². The number of hydrogen-bond acceptors (Lipinski definition) is 2. The van der Waals surface area contributed by atoms with Gasteiger partial charge in [0.15, 0.2) is 0 Å². The molecule has 1 aliphatic heterocycles. The van der Waals surface area contributed by atoms with Crippen LogP contribution in [0.1, 0.15) is 23.6 Å². The van der Waals surface area contributed by atoms with Crippen molar-refractivity contribution in [2.75, 3.05) is 6.61 Å². The fraction of sp³-hybridized carbons (Fsp3) is 0.364. The van der Waals surface area contributed by atoms with Crippen molar-refractivity contribution >= 4 is 6.09 Å². The molecule has 1 aromatic carbocycles. The van der Waals surface area contributed by atoms with Crippen LogP contribution in [0.2, 0.25) is 0 Å². The van der Waals surface area contributed by atoms with Gasteiger partial charge in [0.2, 0.25) is 0 Å². The number of carbonyl (C=O) groups excluding carboxylic acids is 1. The third kappa shape index (κ3) is 2.39. The van der Waals surface area contributed by atoms with Crippen molar-refractivity contribution in [1.82, 2.24) is 5.32 Å². The predicted octanol–water partition coefficient (Wildman–Crippen LogP) is 3.02. The van der Waals surface area contributed by atoms with E-state index in [0.717, 1.165) is 12.1 Å². The zero-order chi connectivity index (χ0) is 13.3. The standard InChI is InChI=1S/C11H9F4NO2/c12-7-3-1-2-6(9(7)11(13,14)15)8-4-5-18-10(17)16-8/h1-3,8H,4-5H2,(H,16,17)/t8-/m1/s1. The maximum Gasteiger partial charge on any atom is 0.419 e. The lowest BCUT2D eigenvalue weighted by molar-refractivity contribution is -0.141. The van der Waals surface area contributed by atoms with Gasteiger partial charge in [0, 0.05) is 6.42 Å². The van der Waals surface area contributed by atoms with E-state index in [9.17, 15) is 22.4 Å². The van der Waals surface area contributed by atoms with E-state index in [1.165, 1.54) is 6.07 Å². The first kappa shape index (κ1) is 12.7.